The van der Waals surface area contributed by atoms with Crippen molar-refractivity contribution >= 4 is 17.6 Å². The number of nitrogens with one attached hydrogen (secondary N) is 1. The molecule has 1 aliphatic heterocycles. The highest BCUT2D eigenvalue weighted by Gasteiger charge is 2.36. The minimum atomic E-state index is -0.966. The second-order valence-corrected chi connectivity index (χ2v) is 5.61. The van der Waals surface area contributed by atoms with E-state index in [1.165, 1.54) is 0 Å². The molecule has 1 unspecified atom stereocenters. The Morgan fingerprint density at radius 3 is 2.65 bits per heavy atom. The standard InChI is InChI=1S/C20H20N2O4/c1-3-21-17-13-9-5-8-12-16(13)26-20(24)18(17)22-19(23)14-10-6-7-11-15(14)25-4-2/h5-12,18H,3-4H2,1-2H3,(H,22,23). The van der Waals surface area contributed by atoms with Crippen LogP contribution >= 0.6 is 0 Å². The Hall–Kier alpha value is -3.15. The SMILES string of the molecule is CCN=C1c2ccccc2OC(=O)C1NC(=O)c1ccccc1OCC. The average molecular weight is 352 g/mol. The van der Waals surface area contributed by atoms with E-state index in [1.54, 1.807) is 36.4 Å². The number of rotatable bonds is 5. The molecule has 6 heteroatoms. The summed E-state index contributed by atoms with van der Waals surface area (Å²) in [5.41, 5.74) is 1.57. The molecule has 0 bridgehead atoms. The average Bonchev–Trinajstić information content (AvgIpc) is 2.65. The molecular formula is C20H20N2O4. The summed E-state index contributed by atoms with van der Waals surface area (Å²) in [6.07, 6.45) is 0. The number of carbonyl (C=O) groups is 2. The van der Waals surface area contributed by atoms with E-state index in [4.69, 9.17) is 9.47 Å². The molecule has 0 saturated carbocycles. The van der Waals surface area contributed by atoms with Gasteiger partial charge in [-0.15, -0.1) is 0 Å². The lowest BCUT2D eigenvalue weighted by atomic mass is 9.98. The molecule has 1 N–H and O–H groups in total. The molecular weight excluding hydrogens is 332 g/mol. The van der Waals surface area contributed by atoms with Crippen molar-refractivity contribution in [2.24, 2.45) is 4.99 Å². The maximum Gasteiger partial charge on any atom is 0.340 e. The van der Waals surface area contributed by atoms with Gasteiger partial charge in [0.15, 0.2) is 6.04 Å². The van der Waals surface area contributed by atoms with Gasteiger partial charge in [0.2, 0.25) is 0 Å². The van der Waals surface area contributed by atoms with Crippen LogP contribution in [0.4, 0.5) is 0 Å². The molecule has 0 radical (unpaired) electrons. The second kappa shape index (κ2) is 7.82. The number of amides is 1. The van der Waals surface area contributed by atoms with Crippen molar-refractivity contribution < 1.29 is 19.1 Å². The van der Waals surface area contributed by atoms with Crippen LogP contribution in [0, 0.1) is 0 Å². The number of nitrogens with zero attached hydrogens (tertiary/aromatic N) is 1. The van der Waals surface area contributed by atoms with Crippen LogP contribution < -0.4 is 14.8 Å². The largest absolute Gasteiger partial charge is 0.493 e. The topological polar surface area (TPSA) is 77.0 Å². The van der Waals surface area contributed by atoms with Gasteiger partial charge in [-0.1, -0.05) is 24.3 Å². The molecule has 134 valence electrons. The van der Waals surface area contributed by atoms with Crippen LogP contribution in [0.3, 0.4) is 0 Å². The fourth-order valence-electron chi connectivity index (χ4n) is 2.82. The Morgan fingerprint density at radius 2 is 1.88 bits per heavy atom. The fourth-order valence-corrected chi connectivity index (χ4v) is 2.82. The number of hydrogen-bond donors (Lipinski definition) is 1. The molecule has 0 spiro atoms. The number of benzene rings is 2. The lowest BCUT2D eigenvalue weighted by Crippen LogP contribution is -2.51. The first-order valence-corrected chi connectivity index (χ1v) is 8.53. The minimum absolute atomic E-state index is 0.358. The number of para-hydroxylation sites is 2. The van der Waals surface area contributed by atoms with Gasteiger partial charge in [-0.3, -0.25) is 9.79 Å². The summed E-state index contributed by atoms with van der Waals surface area (Å²) in [6, 6.07) is 13.1. The monoisotopic (exact) mass is 352 g/mol. The zero-order valence-electron chi connectivity index (χ0n) is 14.7. The van der Waals surface area contributed by atoms with Gasteiger partial charge in [0.05, 0.1) is 17.9 Å². The maximum absolute atomic E-state index is 12.8. The quantitative estimate of drug-likeness (QED) is 0.663. The molecule has 0 aliphatic carbocycles. The Bertz CT molecular complexity index is 860. The van der Waals surface area contributed by atoms with Gasteiger partial charge in [0.1, 0.15) is 11.5 Å². The van der Waals surface area contributed by atoms with E-state index >= 15 is 0 Å². The zero-order chi connectivity index (χ0) is 18.5. The molecule has 0 fully saturated rings. The van der Waals surface area contributed by atoms with Crippen LogP contribution in [0.2, 0.25) is 0 Å². The van der Waals surface area contributed by atoms with Crippen molar-refractivity contribution in [3.63, 3.8) is 0 Å². The Kier molecular flexibility index (Phi) is 5.31. The van der Waals surface area contributed by atoms with Crippen molar-refractivity contribution in [3.8, 4) is 11.5 Å². The third-order valence-corrected chi connectivity index (χ3v) is 3.92. The van der Waals surface area contributed by atoms with Crippen LogP contribution in [-0.2, 0) is 4.79 Å². The van der Waals surface area contributed by atoms with Gasteiger partial charge < -0.3 is 14.8 Å². The van der Waals surface area contributed by atoms with Crippen molar-refractivity contribution in [3.05, 3.63) is 59.7 Å². The molecule has 1 amide bonds. The summed E-state index contributed by atoms with van der Waals surface area (Å²) < 4.78 is 10.9. The molecule has 0 aromatic heterocycles. The highest BCUT2D eigenvalue weighted by molar-refractivity contribution is 6.21. The summed E-state index contributed by atoms with van der Waals surface area (Å²) in [5.74, 6) is -0.0618. The van der Waals surface area contributed by atoms with E-state index in [0.29, 0.717) is 41.5 Å². The first-order chi connectivity index (χ1) is 12.7. The van der Waals surface area contributed by atoms with Crippen molar-refractivity contribution in [1.82, 2.24) is 5.32 Å². The lowest BCUT2D eigenvalue weighted by Gasteiger charge is -2.26. The van der Waals surface area contributed by atoms with Crippen LogP contribution in [0.25, 0.3) is 0 Å². The summed E-state index contributed by atoms with van der Waals surface area (Å²) in [7, 11) is 0. The normalized spacial score (nSPS) is 17.4. The first-order valence-electron chi connectivity index (χ1n) is 8.53. The van der Waals surface area contributed by atoms with E-state index in [1.807, 2.05) is 26.0 Å². The number of aliphatic imine (C=N–C) groups is 1. The van der Waals surface area contributed by atoms with Crippen LogP contribution in [-0.4, -0.2) is 36.8 Å². The van der Waals surface area contributed by atoms with Crippen molar-refractivity contribution in [1.29, 1.82) is 0 Å². The fraction of sp³-hybridized carbons (Fsp3) is 0.250. The molecule has 6 nitrogen and oxygen atoms in total. The van der Waals surface area contributed by atoms with Crippen molar-refractivity contribution in [2.75, 3.05) is 13.2 Å². The van der Waals surface area contributed by atoms with Crippen LogP contribution in [0.5, 0.6) is 11.5 Å². The highest BCUT2D eigenvalue weighted by Crippen LogP contribution is 2.26. The predicted molar refractivity (Wildman–Crippen MR) is 98.0 cm³/mol. The van der Waals surface area contributed by atoms with E-state index in [2.05, 4.69) is 10.3 Å². The molecule has 26 heavy (non-hydrogen) atoms. The van der Waals surface area contributed by atoms with Gasteiger partial charge >= 0.3 is 5.97 Å². The van der Waals surface area contributed by atoms with E-state index < -0.39 is 17.9 Å². The Morgan fingerprint density at radius 1 is 1.15 bits per heavy atom. The van der Waals surface area contributed by atoms with Crippen molar-refractivity contribution in [2.45, 2.75) is 19.9 Å². The molecule has 1 atom stereocenters. The van der Waals surface area contributed by atoms with E-state index in [-0.39, 0.29) is 0 Å². The minimum Gasteiger partial charge on any atom is -0.493 e. The van der Waals surface area contributed by atoms with Crippen LogP contribution in [0.15, 0.2) is 53.5 Å². The number of ether oxygens (including phenoxy) is 2. The maximum atomic E-state index is 12.8. The third kappa shape index (κ3) is 3.44. The van der Waals surface area contributed by atoms with Gasteiger partial charge in [-0.2, -0.15) is 0 Å². The van der Waals surface area contributed by atoms with E-state index in [0.717, 1.165) is 0 Å². The number of fused-ring (bicyclic) bond motifs is 1. The van der Waals surface area contributed by atoms with E-state index in [9.17, 15) is 9.59 Å². The highest BCUT2D eigenvalue weighted by atomic mass is 16.5. The zero-order valence-corrected chi connectivity index (χ0v) is 14.7. The number of carbonyl (C=O) groups excluding carboxylic acids is 2. The lowest BCUT2D eigenvalue weighted by molar-refractivity contribution is -0.135. The predicted octanol–water partition coefficient (Wildman–Crippen LogP) is 2.61. The Labute approximate surface area is 151 Å². The third-order valence-electron chi connectivity index (χ3n) is 3.92. The summed E-state index contributed by atoms with van der Waals surface area (Å²) in [6.45, 7) is 4.64. The summed E-state index contributed by atoms with van der Waals surface area (Å²) in [4.78, 5) is 29.7. The van der Waals surface area contributed by atoms with Gasteiger partial charge in [-0.05, 0) is 38.1 Å². The molecule has 2 aromatic rings. The first kappa shape index (κ1) is 17.7. The number of esters is 1. The number of hydrogen-bond acceptors (Lipinski definition) is 5. The molecule has 1 aliphatic rings. The smallest absolute Gasteiger partial charge is 0.340 e. The van der Waals surface area contributed by atoms with Gasteiger partial charge in [-0.25, -0.2) is 4.79 Å². The summed E-state index contributed by atoms with van der Waals surface area (Å²) in [5, 5.41) is 2.74. The second-order valence-electron chi connectivity index (χ2n) is 5.61. The molecule has 1 heterocycles. The Balaban J connectivity index is 1.92. The molecule has 0 saturated heterocycles. The molecule has 3 rings (SSSR count). The summed E-state index contributed by atoms with van der Waals surface area (Å²) >= 11 is 0. The van der Waals surface area contributed by atoms with Gasteiger partial charge in [0, 0.05) is 12.1 Å². The van der Waals surface area contributed by atoms with Crippen LogP contribution in [0.1, 0.15) is 29.8 Å². The molecule has 2 aromatic carbocycles. The van der Waals surface area contributed by atoms with Gasteiger partial charge in [0.25, 0.3) is 5.91 Å².